The molecule has 1 rings (SSSR count). The number of nitrogens with zero attached hydrogens (tertiary/aromatic N) is 1. The Bertz CT molecular complexity index is 260. The standard InChI is InChI=1S/C9H16N2OS/c1-7-8(6-10)13-9(11-7)4-3-5-12-2/h3-6,10H2,1-2H3. The Morgan fingerprint density at radius 1 is 1.54 bits per heavy atom. The zero-order valence-electron chi connectivity index (χ0n) is 8.17. The molecule has 0 atom stereocenters. The summed E-state index contributed by atoms with van der Waals surface area (Å²) in [7, 11) is 1.72. The van der Waals surface area contributed by atoms with E-state index in [1.54, 1.807) is 18.4 Å². The number of hydrogen-bond donors (Lipinski definition) is 1. The third kappa shape index (κ3) is 3.06. The lowest BCUT2D eigenvalue weighted by atomic mass is 10.3. The van der Waals surface area contributed by atoms with Gasteiger partial charge in [0.1, 0.15) is 0 Å². The van der Waals surface area contributed by atoms with Crippen LogP contribution in [0.25, 0.3) is 0 Å². The minimum Gasteiger partial charge on any atom is -0.385 e. The first-order valence-electron chi connectivity index (χ1n) is 4.42. The molecule has 0 radical (unpaired) electrons. The SMILES string of the molecule is COCCCc1nc(C)c(CN)s1. The van der Waals surface area contributed by atoms with Crippen LogP contribution in [0.5, 0.6) is 0 Å². The van der Waals surface area contributed by atoms with Crippen molar-refractivity contribution in [2.75, 3.05) is 13.7 Å². The van der Waals surface area contributed by atoms with Gasteiger partial charge in [0.15, 0.2) is 0 Å². The molecule has 2 N–H and O–H groups in total. The first-order valence-corrected chi connectivity index (χ1v) is 5.23. The van der Waals surface area contributed by atoms with E-state index in [1.165, 1.54) is 9.88 Å². The molecule has 0 fully saturated rings. The van der Waals surface area contributed by atoms with Gasteiger partial charge in [-0.05, 0) is 13.3 Å². The van der Waals surface area contributed by atoms with Gasteiger partial charge in [-0.2, -0.15) is 0 Å². The number of aryl methyl sites for hydroxylation is 2. The van der Waals surface area contributed by atoms with Crippen molar-refractivity contribution in [1.29, 1.82) is 0 Å². The highest BCUT2D eigenvalue weighted by molar-refractivity contribution is 7.11. The lowest BCUT2D eigenvalue weighted by Gasteiger charge is -1.94. The Morgan fingerprint density at radius 3 is 2.85 bits per heavy atom. The number of aromatic nitrogens is 1. The van der Waals surface area contributed by atoms with E-state index in [0.717, 1.165) is 25.1 Å². The molecule has 0 saturated carbocycles. The fraction of sp³-hybridized carbons (Fsp3) is 0.667. The number of rotatable bonds is 5. The van der Waals surface area contributed by atoms with Crippen LogP contribution < -0.4 is 5.73 Å². The van der Waals surface area contributed by atoms with Crippen molar-refractivity contribution in [1.82, 2.24) is 4.98 Å². The molecule has 0 aromatic carbocycles. The van der Waals surface area contributed by atoms with Crippen LogP contribution in [-0.2, 0) is 17.7 Å². The quantitative estimate of drug-likeness (QED) is 0.733. The second-order valence-corrected chi connectivity index (χ2v) is 4.08. The molecule has 0 spiro atoms. The summed E-state index contributed by atoms with van der Waals surface area (Å²) in [6.45, 7) is 3.42. The van der Waals surface area contributed by atoms with Gasteiger partial charge in [0.05, 0.1) is 10.7 Å². The van der Waals surface area contributed by atoms with Crippen LogP contribution in [0.4, 0.5) is 0 Å². The molecular weight excluding hydrogens is 184 g/mol. The predicted octanol–water partition coefficient (Wildman–Crippen LogP) is 1.49. The van der Waals surface area contributed by atoms with Crippen molar-refractivity contribution in [3.63, 3.8) is 0 Å². The largest absolute Gasteiger partial charge is 0.385 e. The monoisotopic (exact) mass is 200 g/mol. The Kier molecular flexibility index (Phi) is 4.35. The molecule has 0 amide bonds. The van der Waals surface area contributed by atoms with E-state index in [4.69, 9.17) is 10.5 Å². The Hall–Kier alpha value is -0.450. The highest BCUT2D eigenvalue weighted by Crippen LogP contribution is 2.18. The number of nitrogens with two attached hydrogens (primary N) is 1. The van der Waals surface area contributed by atoms with E-state index in [9.17, 15) is 0 Å². The van der Waals surface area contributed by atoms with Crippen LogP contribution in [0.15, 0.2) is 0 Å². The van der Waals surface area contributed by atoms with Crippen LogP contribution in [0.3, 0.4) is 0 Å². The van der Waals surface area contributed by atoms with E-state index in [1.807, 2.05) is 6.92 Å². The molecule has 0 aliphatic heterocycles. The van der Waals surface area contributed by atoms with Gasteiger partial charge in [-0.15, -0.1) is 11.3 Å². The van der Waals surface area contributed by atoms with E-state index in [2.05, 4.69) is 4.98 Å². The minimum atomic E-state index is 0.605. The van der Waals surface area contributed by atoms with E-state index < -0.39 is 0 Å². The first kappa shape index (κ1) is 10.6. The van der Waals surface area contributed by atoms with Crippen molar-refractivity contribution in [3.8, 4) is 0 Å². The maximum atomic E-state index is 5.56. The van der Waals surface area contributed by atoms with Crippen molar-refractivity contribution in [2.24, 2.45) is 5.73 Å². The summed E-state index contributed by atoms with van der Waals surface area (Å²) < 4.78 is 4.98. The lowest BCUT2D eigenvalue weighted by molar-refractivity contribution is 0.195. The molecule has 0 unspecified atom stereocenters. The molecule has 3 nitrogen and oxygen atoms in total. The minimum absolute atomic E-state index is 0.605. The lowest BCUT2D eigenvalue weighted by Crippen LogP contribution is -1.94. The maximum absolute atomic E-state index is 5.56. The van der Waals surface area contributed by atoms with Gasteiger partial charge in [-0.3, -0.25) is 0 Å². The molecule has 13 heavy (non-hydrogen) atoms. The Balaban J connectivity index is 2.48. The second kappa shape index (κ2) is 5.32. The van der Waals surface area contributed by atoms with Crippen molar-refractivity contribution < 1.29 is 4.74 Å². The van der Waals surface area contributed by atoms with Crippen molar-refractivity contribution in [2.45, 2.75) is 26.3 Å². The average molecular weight is 200 g/mol. The van der Waals surface area contributed by atoms with Gasteiger partial charge < -0.3 is 10.5 Å². The number of methoxy groups -OCH3 is 1. The van der Waals surface area contributed by atoms with Gasteiger partial charge in [0.25, 0.3) is 0 Å². The normalized spacial score (nSPS) is 10.7. The number of thiazole rings is 1. The summed E-state index contributed by atoms with van der Waals surface area (Å²) >= 11 is 1.72. The fourth-order valence-corrected chi connectivity index (χ4v) is 2.14. The molecule has 1 aromatic heterocycles. The molecule has 4 heteroatoms. The third-order valence-corrected chi connectivity index (χ3v) is 3.10. The first-order chi connectivity index (χ1) is 6.27. The second-order valence-electron chi connectivity index (χ2n) is 2.92. The maximum Gasteiger partial charge on any atom is 0.0932 e. The van der Waals surface area contributed by atoms with Crippen molar-refractivity contribution >= 4 is 11.3 Å². The van der Waals surface area contributed by atoms with Crippen LogP contribution in [0.1, 0.15) is 22.0 Å². The van der Waals surface area contributed by atoms with E-state index >= 15 is 0 Å². The van der Waals surface area contributed by atoms with Gasteiger partial charge in [-0.25, -0.2) is 4.98 Å². The zero-order valence-corrected chi connectivity index (χ0v) is 8.99. The molecular formula is C9H16N2OS. The summed E-state index contributed by atoms with van der Waals surface area (Å²) in [6, 6.07) is 0. The summed E-state index contributed by atoms with van der Waals surface area (Å²) in [5, 5.41) is 1.18. The zero-order chi connectivity index (χ0) is 9.68. The summed E-state index contributed by atoms with van der Waals surface area (Å²) in [6.07, 6.45) is 2.03. The summed E-state index contributed by atoms with van der Waals surface area (Å²) in [5.74, 6) is 0. The highest BCUT2D eigenvalue weighted by atomic mass is 32.1. The number of ether oxygens (including phenoxy) is 1. The van der Waals surface area contributed by atoms with Crippen LogP contribution in [0.2, 0.25) is 0 Å². The molecule has 1 aromatic rings. The average Bonchev–Trinajstić information content (AvgIpc) is 2.47. The van der Waals surface area contributed by atoms with Gasteiger partial charge in [0.2, 0.25) is 0 Å². The molecule has 0 aliphatic rings. The summed E-state index contributed by atoms with van der Waals surface area (Å²) in [4.78, 5) is 5.64. The third-order valence-electron chi connectivity index (χ3n) is 1.86. The molecule has 0 aliphatic carbocycles. The van der Waals surface area contributed by atoms with Gasteiger partial charge in [-0.1, -0.05) is 0 Å². The van der Waals surface area contributed by atoms with Crippen LogP contribution in [-0.4, -0.2) is 18.7 Å². The smallest absolute Gasteiger partial charge is 0.0932 e. The molecule has 0 bridgehead atoms. The van der Waals surface area contributed by atoms with E-state index in [-0.39, 0.29) is 0 Å². The van der Waals surface area contributed by atoms with E-state index in [0.29, 0.717) is 6.54 Å². The Labute approximate surface area is 82.9 Å². The Morgan fingerprint density at radius 2 is 2.31 bits per heavy atom. The fourth-order valence-electron chi connectivity index (χ4n) is 1.15. The highest BCUT2D eigenvalue weighted by Gasteiger charge is 2.04. The summed E-state index contributed by atoms with van der Waals surface area (Å²) in [5.41, 5.74) is 6.65. The van der Waals surface area contributed by atoms with Gasteiger partial charge >= 0.3 is 0 Å². The number of hydrogen-bond acceptors (Lipinski definition) is 4. The molecule has 0 saturated heterocycles. The molecule has 1 heterocycles. The van der Waals surface area contributed by atoms with Crippen LogP contribution in [0, 0.1) is 6.92 Å². The predicted molar refractivity (Wildman–Crippen MR) is 54.9 cm³/mol. The van der Waals surface area contributed by atoms with Crippen LogP contribution >= 0.6 is 11.3 Å². The van der Waals surface area contributed by atoms with Gasteiger partial charge in [0, 0.05) is 31.6 Å². The topological polar surface area (TPSA) is 48.1 Å². The molecule has 74 valence electrons. The van der Waals surface area contributed by atoms with Crippen molar-refractivity contribution in [3.05, 3.63) is 15.6 Å².